The van der Waals surface area contributed by atoms with Gasteiger partial charge in [0.25, 0.3) is 0 Å². The van der Waals surface area contributed by atoms with E-state index in [0.29, 0.717) is 12.5 Å². The summed E-state index contributed by atoms with van der Waals surface area (Å²) < 4.78 is 1.87. The number of anilines is 1. The minimum atomic E-state index is 0.133. The van der Waals surface area contributed by atoms with Crippen LogP contribution in [0.4, 0.5) is 5.82 Å². The van der Waals surface area contributed by atoms with Gasteiger partial charge in [0.05, 0.1) is 12.3 Å². The summed E-state index contributed by atoms with van der Waals surface area (Å²) in [5.41, 5.74) is 2.07. The van der Waals surface area contributed by atoms with Crippen molar-refractivity contribution in [2.24, 2.45) is 0 Å². The van der Waals surface area contributed by atoms with Gasteiger partial charge in [-0.05, 0) is 18.4 Å². The van der Waals surface area contributed by atoms with Gasteiger partial charge in [0.2, 0.25) is 0 Å². The molecule has 0 aromatic carbocycles. The van der Waals surface area contributed by atoms with Crippen LogP contribution in [0.3, 0.4) is 0 Å². The highest BCUT2D eigenvalue weighted by Gasteiger charge is 2.14. The topological polar surface area (TPSA) is 53.7 Å². The molecule has 0 atom stereocenters. The van der Waals surface area contributed by atoms with Crippen molar-refractivity contribution < 1.29 is 5.11 Å². The fraction of sp³-hybridized carbons (Fsp3) is 0.571. The Morgan fingerprint density at radius 3 is 2.79 bits per heavy atom. The number of nitrogens with zero attached hydrogens (tertiary/aromatic N) is 4. The van der Waals surface area contributed by atoms with Crippen molar-refractivity contribution in [2.75, 3.05) is 24.6 Å². The third-order valence-electron chi connectivity index (χ3n) is 3.14. The minimum absolute atomic E-state index is 0.133. The van der Waals surface area contributed by atoms with Crippen LogP contribution in [-0.2, 0) is 0 Å². The molecule has 0 fully saturated rings. The SMILES string of the molecule is CCCN(CCO)c1nccn2nc(C(C)C)cc12. The average Bonchev–Trinajstić information content (AvgIpc) is 2.82. The Morgan fingerprint density at radius 2 is 2.16 bits per heavy atom. The molecule has 0 radical (unpaired) electrons. The highest BCUT2D eigenvalue weighted by molar-refractivity contribution is 5.69. The monoisotopic (exact) mass is 262 g/mol. The molecule has 1 N–H and O–H groups in total. The van der Waals surface area contributed by atoms with Crippen molar-refractivity contribution in [2.45, 2.75) is 33.1 Å². The third kappa shape index (κ3) is 2.87. The Kier molecular flexibility index (Phi) is 4.37. The first kappa shape index (κ1) is 13.8. The molecule has 19 heavy (non-hydrogen) atoms. The standard InChI is InChI=1S/C14H22N4O/c1-4-6-17(8-9-19)14-13-10-12(11(2)3)16-18(13)7-5-15-14/h5,7,10-11,19H,4,6,8-9H2,1-3H3. The lowest BCUT2D eigenvalue weighted by atomic mass is 10.1. The van der Waals surface area contributed by atoms with Crippen LogP contribution < -0.4 is 4.90 Å². The van der Waals surface area contributed by atoms with Crippen LogP contribution in [0.15, 0.2) is 18.5 Å². The molecule has 0 aliphatic heterocycles. The summed E-state index contributed by atoms with van der Waals surface area (Å²) in [7, 11) is 0. The van der Waals surface area contributed by atoms with E-state index in [4.69, 9.17) is 0 Å². The average molecular weight is 262 g/mol. The van der Waals surface area contributed by atoms with Gasteiger partial charge in [-0.1, -0.05) is 20.8 Å². The fourth-order valence-electron chi connectivity index (χ4n) is 2.17. The van der Waals surface area contributed by atoms with E-state index in [1.807, 2.05) is 10.7 Å². The predicted octanol–water partition coefficient (Wildman–Crippen LogP) is 2.06. The van der Waals surface area contributed by atoms with Crippen LogP contribution in [0.5, 0.6) is 0 Å². The van der Waals surface area contributed by atoms with Crippen LogP contribution in [0.25, 0.3) is 5.52 Å². The molecule has 2 rings (SSSR count). The second-order valence-electron chi connectivity index (χ2n) is 5.02. The summed E-state index contributed by atoms with van der Waals surface area (Å²) in [6.07, 6.45) is 4.65. The quantitative estimate of drug-likeness (QED) is 0.866. The van der Waals surface area contributed by atoms with E-state index in [1.54, 1.807) is 6.20 Å². The Balaban J connectivity index is 2.46. The molecule has 0 aliphatic rings. The van der Waals surface area contributed by atoms with E-state index in [1.165, 1.54) is 0 Å². The van der Waals surface area contributed by atoms with Crippen LogP contribution in [0.2, 0.25) is 0 Å². The highest BCUT2D eigenvalue weighted by Crippen LogP contribution is 2.22. The minimum Gasteiger partial charge on any atom is -0.395 e. The van der Waals surface area contributed by atoms with Crippen LogP contribution in [0, 0.1) is 0 Å². The zero-order valence-corrected chi connectivity index (χ0v) is 11.9. The summed E-state index contributed by atoms with van der Waals surface area (Å²) in [5.74, 6) is 1.29. The first-order valence-electron chi connectivity index (χ1n) is 6.87. The van der Waals surface area contributed by atoms with Gasteiger partial charge in [0.1, 0.15) is 5.52 Å². The Labute approximate surface area is 113 Å². The molecule has 0 bridgehead atoms. The van der Waals surface area contributed by atoms with E-state index >= 15 is 0 Å². The maximum absolute atomic E-state index is 9.20. The van der Waals surface area contributed by atoms with Crippen molar-refractivity contribution in [1.82, 2.24) is 14.6 Å². The van der Waals surface area contributed by atoms with Gasteiger partial charge in [-0.3, -0.25) is 0 Å². The zero-order chi connectivity index (χ0) is 13.8. The van der Waals surface area contributed by atoms with Crippen LogP contribution >= 0.6 is 0 Å². The molecule has 5 heteroatoms. The molecule has 0 saturated heterocycles. The zero-order valence-electron chi connectivity index (χ0n) is 11.9. The van der Waals surface area contributed by atoms with Crippen molar-refractivity contribution in [1.29, 1.82) is 0 Å². The van der Waals surface area contributed by atoms with Gasteiger partial charge < -0.3 is 10.0 Å². The van der Waals surface area contributed by atoms with Gasteiger partial charge >= 0.3 is 0 Å². The molecule has 0 spiro atoms. The number of hydrogen-bond acceptors (Lipinski definition) is 4. The van der Waals surface area contributed by atoms with Crippen molar-refractivity contribution in [3.05, 3.63) is 24.2 Å². The lowest BCUT2D eigenvalue weighted by molar-refractivity contribution is 0.301. The van der Waals surface area contributed by atoms with E-state index in [9.17, 15) is 5.11 Å². The molecule has 0 amide bonds. The largest absolute Gasteiger partial charge is 0.395 e. The summed E-state index contributed by atoms with van der Waals surface area (Å²) in [5, 5.41) is 13.8. The van der Waals surface area contributed by atoms with Crippen molar-refractivity contribution in [3.63, 3.8) is 0 Å². The first-order chi connectivity index (χ1) is 9.17. The molecule has 2 aromatic heterocycles. The predicted molar refractivity (Wildman–Crippen MR) is 76.7 cm³/mol. The van der Waals surface area contributed by atoms with Gasteiger partial charge in [0.15, 0.2) is 5.82 Å². The molecule has 104 valence electrons. The van der Waals surface area contributed by atoms with Crippen molar-refractivity contribution >= 4 is 11.3 Å². The second-order valence-corrected chi connectivity index (χ2v) is 5.02. The molecule has 2 heterocycles. The van der Waals surface area contributed by atoms with E-state index < -0.39 is 0 Å². The number of fused-ring (bicyclic) bond motifs is 1. The number of rotatable bonds is 6. The number of aliphatic hydroxyl groups excluding tert-OH is 1. The van der Waals surface area contributed by atoms with Gasteiger partial charge in [-0.2, -0.15) is 5.10 Å². The van der Waals surface area contributed by atoms with Crippen LogP contribution in [-0.4, -0.2) is 39.4 Å². The Morgan fingerprint density at radius 1 is 1.37 bits per heavy atom. The summed E-state index contributed by atoms with van der Waals surface area (Å²) in [6.45, 7) is 8.01. The molecule has 5 nitrogen and oxygen atoms in total. The summed E-state index contributed by atoms with van der Waals surface area (Å²) >= 11 is 0. The lowest BCUT2D eigenvalue weighted by Gasteiger charge is -2.22. The smallest absolute Gasteiger partial charge is 0.154 e. The highest BCUT2D eigenvalue weighted by atomic mass is 16.3. The van der Waals surface area contributed by atoms with Crippen LogP contribution in [0.1, 0.15) is 38.8 Å². The van der Waals surface area contributed by atoms with E-state index in [-0.39, 0.29) is 6.61 Å². The molecule has 0 aliphatic carbocycles. The van der Waals surface area contributed by atoms with Gasteiger partial charge in [0, 0.05) is 25.5 Å². The normalized spacial score (nSPS) is 11.4. The maximum Gasteiger partial charge on any atom is 0.154 e. The number of aliphatic hydroxyl groups is 1. The summed E-state index contributed by atoms with van der Waals surface area (Å²) in [6, 6.07) is 2.09. The first-order valence-corrected chi connectivity index (χ1v) is 6.87. The van der Waals surface area contributed by atoms with Gasteiger partial charge in [-0.15, -0.1) is 0 Å². The molecule has 2 aromatic rings. The molecule has 0 unspecified atom stereocenters. The maximum atomic E-state index is 9.20. The lowest BCUT2D eigenvalue weighted by Crippen LogP contribution is -2.28. The van der Waals surface area contributed by atoms with E-state index in [2.05, 4.69) is 41.8 Å². The second kappa shape index (κ2) is 6.02. The summed E-state index contributed by atoms with van der Waals surface area (Å²) in [4.78, 5) is 6.58. The number of hydrogen-bond donors (Lipinski definition) is 1. The third-order valence-corrected chi connectivity index (χ3v) is 3.14. The molecular formula is C14H22N4O. The molecular weight excluding hydrogens is 240 g/mol. The van der Waals surface area contributed by atoms with Gasteiger partial charge in [-0.25, -0.2) is 9.50 Å². The number of aromatic nitrogens is 3. The van der Waals surface area contributed by atoms with E-state index in [0.717, 1.165) is 30.0 Å². The fourth-order valence-corrected chi connectivity index (χ4v) is 2.17. The Hall–Kier alpha value is -1.62. The van der Waals surface area contributed by atoms with Crippen molar-refractivity contribution in [3.8, 4) is 0 Å². The Bertz CT molecular complexity index is 529. The molecule has 0 saturated carbocycles.